The summed E-state index contributed by atoms with van der Waals surface area (Å²) in [6, 6.07) is 0. The normalized spacial score (nSPS) is 12.0. The number of aliphatic carboxylic acids is 1. The van der Waals surface area contributed by atoms with Crippen molar-refractivity contribution in [2.45, 2.75) is 9.70 Å². The number of aliphatic hydroxyl groups excluding tert-OH is 4. The van der Waals surface area contributed by atoms with Gasteiger partial charge in [-0.1, -0.05) is 59.7 Å². The smallest absolute Gasteiger partial charge is 0.329 e. The van der Waals surface area contributed by atoms with Crippen LogP contribution < -0.4 is 0 Å². The predicted octanol–water partition coefficient (Wildman–Crippen LogP) is 3.84. The molecule has 1 unspecified atom stereocenters. The predicted molar refractivity (Wildman–Crippen MR) is 207 cm³/mol. The number of hydrogen-bond acceptors (Lipinski definition) is 18. The van der Waals surface area contributed by atoms with Crippen LogP contribution in [-0.4, -0.2) is 154 Å². The first kappa shape index (κ1) is 45.8. The Balaban J connectivity index is 0. The van der Waals surface area contributed by atoms with E-state index in [0.29, 0.717) is 17.3 Å². The van der Waals surface area contributed by atoms with Crippen molar-refractivity contribution < 1.29 is 34.5 Å². The van der Waals surface area contributed by atoms with Gasteiger partial charge in [0.15, 0.2) is 0 Å². The molecule has 246 valence electrons. The molecule has 0 aromatic rings. The quantitative estimate of drug-likeness (QED) is 0.0750. The van der Waals surface area contributed by atoms with E-state index < -0.39 is 40.9 Å². The van der Waals surface area contributed by atoms with Crippen LogP contribution in [0.25, 0.3) is 0 Å². The number of rotatable bonds is 14. The maximum atomic E-state index is 11.5. The fraction of sp³-hybridized carbons (Fsp3) is 0.737. The molecule has 0 fully saturated rings. The molecule has 1 atom stereocenters. The molecular formula is C19H36N4O7S12. The summed E-state index contributed by atoms with van der Waals surface area (Å²) in [5.74, 6) is -1.19. The highest BCUT2D eigenvalue weighted by atomic mass is 33.1. The highest BCUT2D eigenvalue weighted by Gasteiger charge is 2.60. The third-order valence-electron chi connectivity index (χ3n) is 4.15. The van der Waals surface area contributed by atoms with Crippen molar-refractivity contribution in [3.05, 3.63) is 0 Å². The Hall–Kier alpha value is 1.63. The maximum absolute atomic E-state index is 11.5. The lowest BCUT2D eigenvalue weighted by atomic mass is 9.91. The molecule has 0 spiro atoms. The van der Waals surface area contributed by atoms with E-state index in [-0.39, 0.29) is 0 Å². The minimum Gasteiger partial charge on any atom is -0.480 e. The molecule has 0 heterocycles. The van der Waals surface area contributed by atoms with Gasteiger partial charge in [0.25, 0.3) is 0 Å². The minimum atomic E-state index is -1.60. The molecule has 23 heteroatoms. The highest BCUT2D eigenvalue weighted by Crippen LogP contribution is 2.64. The van der Waals surface area contributed by atoms with E-state index in [1.807, 2.05) is 42.3 Å². The first-order valence-electron chi connectivity index (χ1n) is 11.0. The van der Waals surface area contributed by atoms with Crippen LogP contribution in [0, 0.1) is 5.41 Å². The van der Waals surface area contributed by atoms with Crippen molar-refractivity contribution >= 4 is 159 Å². The monoisotopic (exact) mass is 816 g/mol. The Bertz CT molecular complexity index is 858. The summed E-state index contributed by atoms with van der Waals surface area (Å²) in [6.07, 6.45) is 0. The molecule has 0 saturated heterocycles. The van der Waals surface area contributed by atoms with Crippen LogP contribution >= 0.6 is 136 Å². The van der Waals surface area contributed by atoms with Gasteiger partial charge in [0.2, 0.25) is 4.27 Å². The second kappa shape index (κ2) is 23.9. The molecule has 0 aromatic heterocycles. The van der Waals surface area contributed by atoms with Crippen molar-refractivity contribution in [2.24, 2.45) is 5.41 Å². The van der Waals surface area contributed by atoms with Crippen LogP contribution in [0.5, 0.6) is 0 Å². The van der Waals surface area contributed by atoms with Gasteiger partial charge < -0.3 is 45.1 Å². The molecule has 42 heavy (non-hydrogen) atoms. The lowest BCUT2D eigenvalue weighted by Crippen LogP contribution is -2.55. The zero-order chi connectivity index (χ0) is 33.3. The summed E-state index contributed by atoms with van der Waals surface area (Å²) in [7, 11) is 22.7. The van der Waals surface area contributed by atoms with Gasteiger partial charge in [0, 0.05) is 67.2 Å². The van der Waals surface area contributed by atoms with Crippen molar-refractivity contribution in [1.82, 2.24) is 19.6 Å². The van der Waals surface area contributed by atoms with E-state index >= 15 is 0 Å². The van der Waals surface area contributed by atoms with Crippen LogP contribution in [0.15, 0.2) is 0 Å². The van der Waals surface area contributed by atoms with Crippen LogP contribution in [0.3, 0.4) is 0 Å². The molecule has 0 aliphatic heterocycles. The Morgan fingerprint density at radius 3 is 1.36 bits per heavy atom. The number of carboxylic acids is 1. The molecular weight excluding hydrogens is 781 g/mol. The summed E-state index contributed by atoms with van der Waals surface area (Å²) < 4.78 is 7.06. The molecule has 0 aliphatic carbocycles. The van der Waals surface area contributed by atoms with E-state index in [1.165, 1.54) is 54.0 Å². The average Bonchev–Trinajstić information content (AvgIpc) is 2.93. The van der Waals surface area contributed by atoms with Gasteiger partial charge in [-0.2, -0.15) is 0 Å². The molecule has 11 nitrogen and oxygen atoms in total. The standard InChI is InChI=1S/C17H32N4O4S12.C2H4O3/c1-18(2)12(26)31-30-11(24)16(9-22,10-23)17(35-32-13(27)19(3)4,36-33-14(28)20(5)6)25-37-34-15(29)21(7)8;3-1-2(4)5/h11,22-24H,9-10H2,1-8H3;3H,1H2,(H,4,5). The summed E-state index contributed by atoms with van der Waals surface area (Å²) in [6.45, 7) is -2.00. The largest absolute Gasteiger partial charge is 0.480 e. The molecule has 0 rings (SSSR count). The van der Waals surface area contributed by atoms with Crippen LogP contribution in [0.1, 0.15) is 0 Å². The number of carbonyl (C=O) groups is 1. The van der Waals surface area contributed by atoms with E-state index in [4.69, 9.17) is 68.1 Å². The first-order valence-corrected chi connectivity index (χ1v) is 21.2. The van der Waals surface area contributed by atoms with Gasteiger partial charge in [-0.25, -0.2) is 4.79 Å². The molecule has 0 saturated carbocycles. The second-order valence-electron chi connectivity index (χ2n) is 8.32. The summed E-state index contributed by atoms with van der Waals surface area (Å²) in [5.41, 5.74) is -2.90. The van der Waals surface area contributed by atoms with Gasteiger partial charge in [0.1, 0.15) is 34.7 Å². The zero-order valence-electron chi connectivity index (χ0n) is 23.9. The highest BCUT2D eigenvalue weighted by molar-refractivity contribution is 8.92. The van der Waals surface area contributed by atoms with E-state index in [1.54, 1.807) is 33.7 Å². The van der Waals surface area contributed by atoms with E-state index in [2.05, 4.69) is 0 Å². The summed E-state index contributed by atoms with van der Waals surface area (Å²) in [4.78, 5) is 16.1. The number of carboxylic acid groups (broad SMARTS) is 1. The molecule has 0 aliphatic rings. The molecule has 0 amide bonds. The maximum Gasteiger partial charge on any atom is 0.329 e. The van der Waals surface area contributed by atoms with E-state index in [9.17, 15) is 15.3 Å². The number of hydrogen-bond donors (Lipinski definition) is 5. The van der Waals surface area contributed by atoms with Gasteiger partial charge >= 0.3 is 5.97 Å². The second-order valence-corrected chi connectivity index (χ2v) is 19.8. The first-order chi connectivity index (χ1) is 19.4. The molecule has 5 N–H and O–H groups in total. The topological polar surface area (TPSA) is 140 Å². The number of thiocarbonyl (C=S) groups is 4. The van der Waals surface area contributed by atoms with Crippen molar-refractivity contribution in [1.29, 1.82) is 0 Å². The Labute approximate surface area is 301 Å². The van der Waals surface area contributed by atoms with Gasteiger partial charge in [-0.05, 0) is 54.0 Å². The van der Waals surface area contributed by atoms with Gasteiger partial charge in [-0.3, -0.25) is 4.18 Å². The third kappa shape index (κ3) is 16.5. The number of aliphatic hydroxyl groups is 4. The summed E-state index contributed by atoms with van der Waals surface area (Å²) >= 11 is 22.7. The Morgan fingerprint density at radius 2 is 1.05 bits per heavy atom. The Morgan fingerprint density at radius 1 is 0.714 bits per heavy atom. The summed E-state index contributed by atoms with van der Waals surface area (Å²) in [5, 5.41) is 48.0. The van der Waals surface area contributed by atoms with Crippen molar-refractivity contribution in [3.63, 3.8) is 0 Å². The van der Waals surface area contributed by atoms with Crippen molar-refractivity contribution in [2.75, 3.05) is 76.2 Å². The van der Waals surface area contributed by atoms with Crippen molar-refractivity contribution in [3.8, 4) is 0 Å². The molecule has 0 aromatic carbocycles. The fourth-order valence-corrected chi connectivity index (χ4v) is 14.2. The lowest BCUT2D eigenvalue weighted by molar-refractivity contribution is -0.140. The lowest BCUT2D eigenvalue weighted by Gasteiger charge is -2.47. The number of nitrogens with zero attached hydrogens (tertiary/aromatic N) is 4. The molecule has 0 radical (unpaired) electrons. The fourth-order valence-electron chi connectivity index (χ4n) is 1.59. The SMILES string of the molecule is CN(C)C(=S)SSOC(SSC(=S)N(C)C)(SSC(=S)N(C)C)C(CO)(CO)C(O)SSC(=S)N(C)C.O=C(O)CO. The van der Waals surface area contributed by atoms with Crippen LogP contribution in [-0.2, 0) is 8.98 Å². The Kier molecular flexibility index (Phi) is 26.0. The minimum absolute atomic E-state index is 0.522. The zero-order valence-corrected chi connectivity index (χ0v) is 33.7. The average molecular weight is 817 g/mol. The molecule has 0 bridgehead atoms. The third-order valence-corrected chi connectivity index (χ3v) is 19.0. The van der Waals surface area contributed by atoms with Gasteiger partial charge in [0.05, 0.1) is 24.3 Å². The van der Waals surface area contributed by atoms with E-state index in [0.717, 1.165) is 32.7 Å². The van der Waals surface area contributed by atoms with Crippen LogP contribution in [0.4, 0.5) is 0 Å². The van der Waals surface area contributed by atoms with Crippen LogP contribution in [0.2, 0.25) is 0 Å². The van der Waals surface area contributed by atoms with Gasteiger partial charge in [-0.15, -0.1) is 0 Å².